The van der Waals surface area contributed by atoms with Crippen molar-refractivity contribution in [3.8, 4) is 23.0 Å². The summed E-state index contributed by atoms with van der Waals surface area (Å²) in [6.45, 7) is -0.138. The quantitative estimate of drug-likeness (QED) is 0.407. The lowest BCUT2D eigenvalue weighted by Crippen LogP contribution is -2.32. The van der Waals surface area contributed by atoms with Crippen LogP contribution in [0.15, 0.2) is 54.6 Å². The van der Waals surface area contributed by atoms with E-state index >= 15 is 0 Å². The van der Waals surface area contributed by atoms with Crippen molar-refractivity contribution in [1.29, 1.82) is 0 Å². The molecule has 11 heteroatoms. The molecular weight excluding hydrogens is 444 g/mol. The van der Waals surface area contributed by atoms with Crippen molar-refractivity contribution >= 4 is 23.2 Å². The summed E-state index contributed by atoms with van der Waals surface area (Å²) in [6.07, 6.45) is 0. The van der Waals surface area contributed by atoms with E-state index in [1.54, 1.807) is 18.2 Å². The van der Waals surface area contributed by atoms with Crippen molar-refractivity contribution in [2.75, 3.05) is 19.8 Å². The predicted octanol–water partition coefficient (Wildman–Crippen LogP) is 3.30. The van der Waals surface area contributed by atoms with Crippen LogP contribution in [0.2, 0.25) is 5.02 Å². The normalized spacial score (nSPS) is 10.8. The number of nitrogens with one attached hydrogen (secondary N) is 1. The summed E-state index contributed by atoms with van der Waals surface area (Å²) in [5.74, 6) is -1.54. The van der Waals surface area contributed by atoms with Crippen LogP contribution >= 0.6 is 11.6 Å². The Kier molecular flexibility index (Phi) is 6.41. The molecule has 0 aliphatic rings. The highest BCUT2D eigenvalue weighted by molar-refractivity contribution is 6.33. The van der Waals surface area contributed by atoms with Crippen molar-refractivity contribution in [2.24, 2.45) is 0 Å². The molecule has 0 fully saturated rings. The first-order valence-corrected chi connectivity index (χ1v) is 9.84. The van der Waals surface area contributed by atoms with E-state index in [-0.39, 0.29) is 18.9 Å². The lowest BCUT2D eigenvalue weighted by molar-refractivity contribution is -0.123. The van der Waals surface area contributed by atoms with E-state index < -0.39 is 24.1 Å². The van der Waals surface area contributed by atoms with E-state index in [1.807, 2.05) is 18.2 Å². The third-order valence-electron chi connectivity index (χ3n) is 4.28. The summed E-state index contributed by atoms with van der Waals surface area (Å²) in [5, 5.41) is 15.7. The van der Waals surface area contributed by atoms with Crippen LogP contribution in [0.4, 0.5) is 8.78 Å². The second-order valence-corrected chi connectivity index (χ2v) is 6.91. The topological polar surface area (TPSA) is 90.6 Å². The molecule has 0 bridgehead atoms. The molecule has 0 saturated heterocycles. The van der Waals surface area contributed by atoms with Gasteiger partial charge in [0.15, 0.2) is 29.6 Å². The van der Waals surface area contributed by atoms with E-state index in [4.69, 9.17) is 21.1 Å². The Bertz CT molecular complexity index is 1270. The highest BCUT2D eigenvalue weighted by Gasteiger charge is 2.13. The number of ether oxygens (including phenoxy) is 2. The van der Waals surface area contributed by atoms with E-state index in [9.17, 15) is 13.6 Å². The van der Waals surface area contributed by atoms with Crippen LogP contribution in [0.3, 0.4) is 0 Å². The Balaban J connectivity index is 1.30. The van der Waals surface area contributed by atoms with Crippen LogP contribution in [0, 0.1) is 11.6 Å². The molecule has 2 heterocycles. The smallest absolute Gasteiger partial charge is 0.258 e. The van der Waals surface area contributed by atoms with Crippen molar-refractivity contribution in [3.05, 3.63) is 71.3 Å². The molecule has 0 spiro atoms. The fourth-order valence-electron chi connectivity index (χ4n) is 2.79. The minimum Gasteiger partial charge on any atom is -0.481 e. The standard InChI is InChI=1S/C21H16ClF2N5O3/c22-15-4-2-1-3-14(15)21-27-26-18-7-8-20(28-29(18)21)31-10-9-25-19(30)12-32-17-6-5-13(23)11-16(17)24/h1-8,11H,9-10,12H2,(H,25,30). The molecule has 0 unspecified atom stereocenters. The van der Waals surface area contributed by atoms with Crippen molar-refractivity contribution < 1.29 is 23.0 Å². The molecule has 1 N–H and O–H groups in total. The van der Waals surface area contributed by atoms with Gasteiger partial charge in [0, 0.05) is 17.7 Å². The van der Waals surface area contributed by atoms with Gasteiger partial charge in [-0.1, -0.05) is 23.7 Å². The third-order valence-corrected chi connectivity index (χ3v) is 4.61. The second-order valence-electron chi connectivity index (χ2n) is 6.51. The van der Waals surface area contributed by atoms with Gasteiger partial charge in [0.1, 0.15) is 12.4 Å². The number of fused-ring (bicyclic) bond motifs is 1. The van der Waals surface area contributed by atoms with Crippen LogP contribution in [0.25, 0.3) is 17.0 Å². The number of nitrogens with zero attached hydrogens (tertiary/aromatic N) is 4. The number of amides is 1. The maximum absolute atomic E-state index is 13.5. The summed E-state index contributed by atoms with van der Waals surface area (Å²) >= 11 is 6.24. The first kappa shape index (κ1) is 21.4. The van der Waals surface area contributed by atoms with Crippen LogP contribution in [-0.4, -0.2) is 45.5 Å². The Labute approximate surface area is 185 Å². The average molecular weight is 460 g/mol. The largest absolute Gasteiger partial charge is 0.481 e. The van der Waals surface area contributed by atoms with Crippen LogP contribution < -0.4 is 14.8 Å². The Morgan fingerprint density at radius 1 is 1.06 bits per heavy atom. The molecule has 0 radical (unpaired) electrons. The predicted molar refractivity (Wildman–Crippen MR) is 112 cm³/mol. The zero-order valence-corrected chi connectivity index (χ0v) is 17.2. The SMILES string of the molecule is O=C(COc1ccc(F)cc1F)NCCOc1ccc2nnc(-c3ccccc3Cl)n2n1. The van der Waals surface area contributed by atoms with Crippen LogP contribution in [0.5, 0.6) is 11.6 Å². The molecule has 32 heavy (non-hydrogen) atoms. The van der Waals surface area contributed by atoms with Gasteiger partial charge in [-0.15, -0.1) is 15.3 Å². The minimum atomic E-state index is -0.882. The lowest BCUT2D eigenvalue weighted by atomic mass is 10.2. The van der Waals surface area contributed by atoms with Gasteiger partial charge in [0.2, 0.25) is 5.88 Å². The highest BCUT2D eigenvalue weighted by atomic mass is 35.5. The molecule has 8 nitrogen and oxygen atoms in total. The molecule has 0 atom stereocenters. The maximum atomic E-state index is 13.5. The summed E-state index contributed by atoms with van der Waals surface area (Å²) in [7, 11) is 0. The van der Waals surface area contributed by atoms with Gasteiger partial charge >= 0.3 is 0 Å². The number of benzene rings is 2. The number of carbonyl (C=O) groups is 1. The zero-order chi connectivity index (χ0) is 22.5. The van der Waals surface area contributed by atoms with Gasteiger partial charge in [0.05, 0.1) is 11.6 Å². The molecule has 2 aromatic carbocycles. The van der Waals surface area contributed by atoms with E-state index in [0.29, 0.717) is 34.0 Å². The van der Waals surface area contributed by atoms with Gasteiger partial charge in [0.25, 0.3) is 5.91 Å². The van der Waals surface area contributed by atoms with Crippen molar-refractivity contribution in [2.45, 2.75) is 0 Å². The Morgan fingerprint density at radius 2 is 1.91 bits per heavy atom. The van der Waals surface area contributed by atoms with Gasteiger partial charge in [-0.25, -0.2) is 8.78 Å². The van der Waals surface area contributed by atoms with Crippen LogP contribution in [-0.2, 0) is 4.79 Å². The van der Waals surface area contributed by atoms with Gasteiger partial charge in [-0.3, -0.25) is 4.79 Å². The summed E-state index contributed by atoms with van der Waals surface area (Å²) in [6, 6.07) is 13.4. The molecule has 4 aromatic rings. The fourth-order valence-corrected chi connectivity index (χ4v) is 3.01. The van der Waals surface area contributed by atoms with Crippen LogP contribution in [0.1, 0.15) is 0 Å². The van der Waals surface area contributed by atoms with Crippen molar-refractivity contribution in [3.63, 3.8) is 0 Å². The number of hydrogen-bond acceptors (Lipinski definition) is 6. The number of hydrogen-bond donors (Lipinski definition) is 1. The molecule has 0 aliphatic heterocycles. The summed E-state index contributed by atoms with van der Waals surface area (Å²) in [4.78, 5) is 11.8. The number of halogens is 3. The molecule has 0 saturated carbocycles. The molecule has 4 rings (SSSR count). The van der Waals surface area contributed by atoms with E-state index in [1.165, 1.54) is 4.52 Å². The molecular formula is C21H16ClF2N5O3. The number of aromatic nitrogens is 4. The van der Waals surface area contributed by atoms with E-state index in [2.05, 4.69) is 20.6 Å². The van der Waals surface area contributed by atoms with E-state index in [0.717, 1.165) is 12.1 Å². The van der Waals surface area contributed by atoms with Gasteiger partial charge in [-0.05, 0) is 30.3 Å². The summed E-state index contributed by atoms with van der Waals surface area (Å²) in [5.41, 5.74) is 1.20. The first-order valence-electron chi connectivity index (χ1n) is 9.46. The third kappa shape index (κ3) is 4.92. The maximum Gasteiger partial charge on any atom is 0.258 e. The van der Waals surface area contributed by atoms with Gasteiger partial charge in [-0.2, -0.15) is 4.52 Å². The number of rotatable bonds is 8. The second kappa shape index (κ2) is 9.56. The minimum absolute atomic E-state index is 0.124. The molecule has 1 amide bonds. The Morgan fingerprint density at radius 3 is 2.72 bits per heavy atom. The Hall–Kier alpha value is -3.79. The zero-order valence-electron chi connectivity index (χ0n) is 16.5. The average Bonchev–Trinajstić information content (AvgIpc) is 3.19. The fraction of sp³-hybridized carbons (Fsp3) is 0.143. The molecule has 2 aromatic heterocycles. The number of carbonyl (C=O) groups excluding carboxylic acids is 1. The highest BCUT2D eigenvalue weighted by Crippen LogP contribution is 2.26. The monoisotopic (exact) mass is 459 g/mol. The molecule has 164 valence electrons. The van der Waals surface area contributed by atoms with Gasteiger partial charge < -0.3 is 14.8 Å². The lowest BCUT2D eigenvalue weighted by Gasteiger charge is -2.09. The molecule has 0 aliphatic carbocycles. The summed E-state index contributed by atoms with van der Waals surface area (Å²) < 4.78 is 38.5. The van der Waals surface area contributed by atoms with Crippen molar-refractivity contribution in [1.82, 2.24) is 25.1 Å². The first-order chi connectivity index (χ1) is 15.5.